The van der Waals surface area contributed by atoms with Crippen LogP contribution in [0.15, 0.2) is 60.8 Å². The van der Waals surface area contributed by atoms with Gasteiger partial charge in [-0.1, -0.05) is 48.5 Å². The molecule has 0 bridgehead atoms. The second kappa shape index (κ2) is 9.54. The number of aromatic nitrogens is 1. The van der Waals surface area contributed by atoms with E-state index in [-0.39, 0.29) is 12.8 Å². The van der Waals surface area contributed by atoms with E-state index in [2.05, 4.69) is 10.3 Å². The molecule has 150 valence electrons. The Hall–Kier alpha value is -3.61. The number of amides is 1. The van der Waals surface area contributed by atoms with Crippen molar-refractivity contribution in [3.8, 4) is 0 Å². The summed E-state index contributed by atoms with van der Waals surface area (Å²) in [5.74, 6) is -1.65. The maximum absolute atomic E-state index is 12.2. The molecule has 7 nitrogen and oxygen atoms in total. The third-order valence-electron chi connectivity index (χ3n) is 4.48. The van der Waals surface area contributed by atoms with Gasteiger partial charge in [0.1, 0.15) is 6.04 Å². The summed E-state index contributed by atoms with van der Waals surface area (Å²) < 4.78 is 9.83. The van der Waals surface area contributed by atoms with Crippen molar-refractivity contribution < 1.29 is 23.9 Å². The highest BCUT2D eigenvalue weighted by molar-refractivity contribution is 5.89. The number of ether oxygens (including phenoxy) is 2. The summed E-state index contributed by atoms with van der Waals surface area (Å²) in [5.41, 5.74) is 2.59. The molecule has 1 amide bonds. The molecule has 2 N–H and O–H groups in total. The first kappa shape index (κ1) is 20.1. The number of hydrogen-bond donors (Lipinski definition) is 2. The van der Waals surface area contributed by atoms with Crippen LogP contribution in [0, 0.1) is 0 Å². The van der Waals surface area contributed by atoms with E-state index in [0.29, 0.717) is 0 Å². The molecule has 0 fully saturated rings. The maximum atomic E-state index is 12.2. The number of para-hydroxylation sites is 1. The van der Waals surface area contributed by atoms with Crippen LogP contribution in [-0.2, 0) is 36.7 Å². The average molecular weight is 394 g/mol. The lowest BCUT2D eigenvalue weighted by Crippen LogP contribution is -2.44. The molecule has 1 atom stereocenters. The van der Waals surface area contributed by atoms with Gasteiger partial charge in [0.05, 0.1) is 13.5 Å². The molecule has 0 aliphatic carbocycles. The van der Waals surface area contributed by atoms with Crippen molar-refractivity contribution in [2.45, 2.75) is 18.9 Å². The molecule has 0 radical (unpaired) electrons. The molecule has 2 aromatic carbocycles. The Balaban J connectivity index is 1.53. The van der Waals surface area contributed by atoms with Crippen LogP contribution in [-0.4, -0.2) is 42.6 Å². The predicted octanol–water partition coefficient (Wildman–Crippen LogP) is 2.15. The van der Waals surface area contributed by atoms with Crippen LogP contribution < -0.4 is 5.32 Å². The molecule has 7 heteroatoms. The Bertz CT molecular complexity index is 997. The molecular weight excluding hydrogens is 372 g/mol. The fraction of sp³-hybridized carbons (Fsp3) is 0.227. The van der Waals surface area contributed by atoms with Crippen LogP contribution in [0.3, 0.4) is 0 Å². The van der Waals surface area contributed by atoms with Crippen LogP contribution >= 0.6 is 0 Å². The van der Waals surface area contributed by atoms with Gasteiger partial charge in [0.25, 0.3) is 5.91 Å². The first-order valence-corrected chi connectivity index (χ1v) is 9.18. The van der Waals surface area contributed by atoms with Crippen LogP contribution in [0.2, 0.25) is 0 Å². The van der Waals surface area contributed by atoms with Crippen LogP contribution in [0.5, 0.6) is 0 Å². The van der Waals surface area contributed by atoms with Gasteiger partial charge in [-0.3, -0.25) is 9.59 Å². The molecule has 0 spiro atoms. The predicted molar refractivity (Wildman–Crippen MR) is 107 cm³/mol. The Morgan fingerprint density at radius 2 is 1.76 bits per heavy atom. The van der Waals surface area contributed by atoms with E-state index in [9.17, 15) is 14.4 Å². The van der Waals surface area contributed by atoms with Gasteiger partial charge in [-0.05, 0) is 17.2 Å². The quantitative estimate of drug-likeness (QED) is 0.571. The SMILES string of the molecule is COC(=O)[C@@H](Cc1ccccc1)NC(=O)COC(=O)Cc1c[nH]c2ccccc12. The summed E-state index contributed by atoms with van der Waals surface area (Å²) in [7, 11) is 1.26. The van der Waals surface area contributed by atoms with Gasteiger partial charge >= 0.3 is 11.9 Å². The number of hydrogen-bond acceptors (Lipinski definition) is 5. The van der Waals surface area contributed by atoms with Gasteiger partial charge in [-0.2, -0.15) is 0 Å². The summed E-state index contributed by atoms with van der Waals surface area (Å²) in [6.07, 6.45) is 2.07. The van der Waals surface area contributed by atoms with Crippen molar-refractivity contribution in [2.75, 3.05) is 13.7 Å². The summed E-state index contributed by atoms with van der Waals surface area (Å²) in [4.78, 5) is 39.4. The lowest BCUT2D eigenvalue weighted by Gasteiger charge is -2.16. The van der Waals surface area contributed by atoms with E-state index in [1.807, 2.05) is 54.6 Å². The van der Waals surface area contributed by atoms with Gasteiger partial charge in [0, 0.05) is 23.5 Å². The highest BCUT2D eigenvalue weighted by atomic mass is 16.5. The van der Waals surface area contributed by atoms with E-state index in [1.54, 1.807) is 6.20 Å². The number of carbonyl (C=O) groups excluding carboxylic acids is 3. The van der Waals surface area contributed by atoms with E-state index in [4.69, 9.17) is 9.47 Å². The van der Waals surface area contributed by atoms with Crippen molar-refractivity contribution in [1.29, 1.82) is 0 Å². The average Bonchev–Trinajstić information content (AvgIpc) is 3.15. The fourth-order valence-electron chi connectivity index (χ4n) is 3.05. The number of methoxy groups -OCH3 is 1. The van der Waals surface area contributed by atoms with Crippen LogP contribution in [0.25, 0.3) is 10.9 Å². The summed E-state index contributed by atoms with van der Waals surface area (Å²) in [6.45, 7) is -0.469. The number of carbonyl (C=O) groups is 3. The minimum Gasteiger partial charge on any atom is -0.467 e. The summed E-state index contributed by atoms with van der Waals surface area (Å²) >= 11 is 0. The van der Waals surface area contributed by atoms with Gasteiger partial charge < -0.3 is 19.8 Å². The smallest absolute Gasteiger partial charge is 0.328 e. The van der Waals surface area contributed by atoms with Gasteiger partial charge in [0.2, 0.25) is 0 Å². The molecule has 0 aliphatic rings. The fourth-order valence-corrected chi connectivity index (χ4v) is 3.05. The van der Waals surface area contributed by atoms with E-state index in [0.717, 1.165) is 22.0 Å². The lowest BCUT2D eigenvalue weighted by molar-refractivity contribution is -0.149. The monoisotopic (exact) mass is 394 g/mol. The molecule has 3 aromatic rings. The molecule has 0 saturated heterocycles. The number of benzene rings is 2. The summed E-state index contributed by atoms with van der Waals surface area (Å²) in [6, 6.07) is 16.0. The summed E-state index contributed by atoms with van der Waals surface area (Å²) in [5, 5.41) is 3.50. The highest BCUT2D eigenvalue weighted by Gasteiger charge is 2.22. The maximum Gasteiger partial charge on any atom is 0.328 e. The molecule has 1 aromatic heterocycles. The van der Waals surface area contributed by atoms with Gasteiger partial charge in [0.15, 0.2) is 6.61 Å². The minimum atomic E-state index is -0.859. The number of fused-ring (bicyclic) bond motifs is 1. The van der Waals surface area contributed by atoms with Crippen molar-refractivity contribution >= 4 is 28.7 Å². The molecule has 0 unspecified atom stereocenters. The molecule has 1 heterocycles. The zero-order valence-electron chi connectivity index (χ0n) is 16.0. The zero-order valence-corrected chi connectivity index (χ0v) is 16.0. The van der Waals surface area contributed by atoms with E-state index >= 15 is 0 Å². The minimum absolute atomic E-state index is 0.0434. The normalized spacial score (nSPS) is 11.6. The first-order chi connectivity index (χ1) is 14.1. The Labute approximate surface area is 168 Å². The van der Waals surface area contributed by atoms with Crippen molar-refractivity contribution in [3.63, 3.8) is 0 Å². The van der Waals surface area contributed by atoms with Crippen molar-refractivity contribution in [2.24, 2.45) is 0 Å². The van der Waals surface area contributed by atoms with Crippen LogP contribution in [0.4, 0.5) is 0 Å². The number of rotatable bonds is 8. The molecule has 3 rings (SSSR count). The number of nitrogens with one attached hydrogen (secondary N) is 2. The largest absolute Gasteiger partial charge is 0.467 e. The van der Waals surface area contributed by atoms with Crippen molar-refractivity contribution in [3.05, 3.63) is 71.9 Å². The Morgan fingerprint density at radius 1 is 1.03 bits per heavy atom. The van der Waals surface area contributed by atoms with E-state index in [1.165, 1.54) is 7.11 Å². The number of H-pyrrole nitrogens is 1. The van der Waals surface area contributed by atoms with Crippen molar-refractivity contribution in [1.82, 2.24) is 10.3 Å². The Kier molecular flexibility index (Phi) is 6.63. The second-order valence-corrected chi connectivity index (χ2v) is 6.53. The molecule has 29 heavy (non-hydrogen) atoms. The number of aromatic amines is 1. The van der Waals surface area contributed by atoms with Gasteiger partial charge in [-0.25, -0.2) is 4.79 Å². The molecule has 0 aliphatic heterocycles. The Morgan fingerprint density at radius 3 is 2.52 bits per heavy atom. The second-order valence-electron chi connectivity index (χ2n) is 6.53. The molecule has 0 saturated carbocycles. The van der Waals surface area contributed by atoms with Gasteiger partial charge in [-0.15, -0.1) is 0 Å². The van der Waals surface area contributed by atoms with E-state index < -0.39 is 30.5 Å². The third-order valence-corrected chi connectivity index (χ3v) is 4.48. The molecular formula is C22H22N2O5. The standard InChI is InChI=1S/C22H22N2O5/c1-28-22(27)19(11-15-7-3-2-4-8-15)24-20(25)14-29-21(26)12-16-13-23-18-10-6-5-9-17(16)18/h2-10,13,19,23H,11-12,14H2,1H3,(H,24,25)/t19-/m1/s1. The highest BCUT2D eigenvalue weighted by Crippen LogP contribution is 2.18. The lowest BCUT2D eigenvalue weighted by atomic mass is 10.1. The van der Waals surface area contributed by atoms with Crippen LogP contribution in [0.1, 0.15) is 11.1 Å². The zero-order chi connectivity index (χ0) is 20.6. The topological polar surface area (TPSA) is 97.5 Å². The first-order valence-electron chi connectivity index (χ1n) is 9.18. The number of esters is 2. The third kappa shape index (κ3) is 5.44.